The van der Waals surface area contributed by atoms with Gasteiger partial charge in [0.15, 0.2) is 0 Å². The zero-order valence-corrected chi connectivity index (χ0v) is 11.3. The topological polar surface area (TPSA) is 27.0 Å². The number of nitriles is 1. The quantitative estimate of drug-likeness (QED) is 0.803. The number of nitrogens with zero attached hydrogens (tertiary/aromatic N) is 2. The van der Waals surface area contributed by atoms with Crippen molar-refractivity contribution in [3.05, 3.63) is 35.9 Å². The van der Waals surface area contributed by atoms with Crippen LogP contribution in [0.15, 0.2) is 30.3 Å². The lowest BCUT2D eigenvalue weighted by molar-refractivity contribution is 0.147. The van der Waals surface area contributed by atoms with Crippen LogP contribution in [-0.4, -0.2) is 17.5 Å². The molecule has 1 aromatic rings. The van der Waals surface area contributed by atoms with Gasteiger partial charge in [0.1, 0.15) is 0 Å². The van der Waals surface area contributed by atoms with Crippen LogP contribution in [0.3, 0.4) is 0 Å². The van der Waals surface area contributed by atoms with Gasteiger partial charge in [-0.1, -0.05) is 44.2 Å². The van der Waals surface area contributed by atoms with Gasteiger partial charge in [-0.05, 0) is 30.9 Å². The van der Waals surface area contributed by atoms with Gasteiger partial charge in [-0.2, -0.15) is 5.26 Å². The first-order valence-electron chi connectivity index (χ1n) is 6.91. The van der Waals surface area contributed by atoms with Gasteiger partial charge in [0.25, 0.3) is 0 Å². The van der Waals surface area contributed by atoms with Crippen molar-refractivity contribution in [1.29, 1.82) is 5.26 Å². The molecule has 1 aliphatic heterocycles. The fourth-order valence-corrected chi connectivity index (χ4v) is 3.11. The zero-order chi connectivity index (χ0) is 13.0. The van der Waals surface area contributed by atoms with Crippen molar-refractivity contribution in [2.24, 2.45) is 5.92 Å². The van der Waals surface area contributed by atoms with Crippen molar-refractivity contribution in [2.45, 2.75) is 45.2 Å². The van der Waals surface area contributed by atoms with Crippen LogP contribution in [0.2, 0.25) is 0 Å². The Bertz CT molecular complexity index is 405. The Kier molecular flexibility index (Phi) is 4.38. The molecule has 0 radical (unpaired) electrons. The summed E-state index contributed by atoms with van der Waals surface area (Å²) in [5, 5.41) is 9.11. The van der Waals surface area contributed by atoms with Crippen molar-refractivity contribution in [3.8, 4) is 6.07 Å². The Hall–Kier alpha value is -1.33. The summed E-state index contributed by atoms with van der Waals surface area (Å²) in [5.74, 6) is 0.664. The van der Waals surface area contributed by atoms with Crippen molar-refractivity contribution < 1.29 is 0 Å². The molecule has 0 bridgehead atoms. The summed E-state index contributed by atoms with van der Waals surface area (Å²) in [6, 6.07) is 13.7. The van der Waals surface area contributed by atoms with Crippen molar-refractivity contribution in [3.63, 3.8) is 0 Å². The molecule has 0 aliphatic carbocycles. The Labute approximate surface area is 110 Å². The number of rotatable bonds is 4. The van der Waals surface area contributed by atoms with E-state index in [2.05, 4.69) is 49.1 Å². The molecule has 2 nitrogen and oxygen atoms in total. The van der Waals surface area contributed by atoms with Gasteiger partial charge in [0.2, 0.25) is 0 Å². The third kappa shape index (κ3) is 2.73. The maximum absolute atomic E-state index is 9.11. The van der Waals surface area contributed by atoms with Crippen LogP contribution in [0.4, 0.5) is 0 Å². The van der Waals surface area contributed by atoms with Gasteiger partial charge in [-0.15, -0.1) is 0 Å². The van der Waals surface area contributed by atoms with Gasteiger partial charge in [0.05, 0.1) is 12.5 Å². The van der Waals surface area contributed by atoms with Crippen LogP contribution in [0, 0.1) is 17.2 Å². The summed E-state index contributed by atoms with van der Waals surface area (Å²) in [7, 11) is 0. The lowest BCUT2D eigenvalue weighted by Crippen LogP contribution is -2.36. The van der Waals surface area contributed by atoms with E-state index >= 15 is 0 Å². The third-order valence-corrected chi connectivity index (χ3v) is 3.98. The van der Waals surface area contributed by atoms with E-state index in [4.69, 9.17) is 5.26 Å². The molecule has 1 aromatic carbocycles. The number of hydrogen-bond acceptors (Lipinski definition) is 2. The lowest BCUT2D eigenvalue weighted by atomic mass is 9.97. The van der Waals surface area contributed by atoms with Gasteiger partial charge in [-0.25, -0.2) is 0 Å². The lowest BCUT2D eigenvalue weighted by Gasteiger charge is -2.34. The maximum atomic E-state index is 9.11. The molecule has 0 saturated carbocycles. The van der Waals surface area contributed by atoms with E-state index in [1.807, 2.05) is 6.07 Å². The average molecular weight is 242 g/mol. The molecule has 18 heavy (non-hydrogen) atoms. The van der Waals surface area contributed by atoms with Crippen molar-refractivity contribution in [2.75, 3.05) is 6.54 Å². The normalized spacial score (nSPS) is 22.0. The minimum absolute atomic E-state index is 0.270. The minimum atomic E-state index is 0.270. The molecule has 0 aromatic heterocycles. The Balaban J connectivity index is 2.23. The number of benzene rings is 1. The fraction of sp³-hybridized carbons (Fsp3) is 0.562. The SMILES string of the molecule is CC(C)C1CCCN1C(CC#N)c1ccccc1. The van der Waals surface area contributed by atoms with E-state index in [9.17, 15) is 0 Å². The molecule has 1 saturated heterocycles. The van der Waals surface area contributed by atoms with Crippen LogP contribution in [0.1, 0.15) is 44.7 Å². The first-order valence-corrected chi connectivity index (χ1v) is 6.91. The molecule has 1 fully saturated rings. The zero-order valence-electron chi connectivity index (χ0n) is 11.3. The highest BCUT2D eigenvalue weighted by molar-refractivity contribution is 5.20. The van der Waals surface area contributed by atoms with Crippen LogP contribution in [-0.2, 0) is 0 Å². The third-order valence-electron chi connectivity index (χ3n) is 3.98. The van der Waals surface area contributed by atoms with Crippen LogP contribution < -0.4 is 0 Å². The summed E-state index contributed by atoms with van der Waals surface area (Å²) in [6.45, 7) is 5.71. The molecule has 2 heteroatoms. The molecule has 96 valence electrons. The van der Waals surface area contributed by atoms with Crippen molar-refractivity contribution in [1.82, 2.24) is 4.90 Å². The maximum Gasteiger partial charge on any atom is 0.0641 e. The smallest absolute Gasteiger partial charge is 0.0641 e. The van der Waals surface area contributed by atoms with Crippen molar-refractivity contribution >= 4 is 0 Å². The molecular formula is C16H22N2. The largest absolute Gasteiger partial charge is 0.292 e. The summed E-state index contributed by atoms with van der Waals surface area (Å²) >= 11 is 0. The summed E-state index contributed by atoms with van der Waals surface area (Å²) in [5.41, 5.74) is 1.28. The first-order chi connectivity index (χ1) is 8.74. The highest BCUT2D eigenvalue weighted by atomic mass is 15.2. The second-order valence-electron chi connectivity index (χ2n) is 5.48. The molecule has 2 unspecified atom stereocenters. The van der Waals surface area contributed by atoms with E-state index in [0.29, 0.717) is 18.4 Å². The highest BCUT2D eigenvalue weighted by Gasteiger charge is 2.32. The van der Waals surface area contributed by atoms with Gasteiger partial charge >= 0.3 is 0 Å². The second kappa shape index (κ2) is 6.02. The molecule has 2 atom stereocenters. The Morgan fingerprint density at radius 1 is 1.33 bits per heavy atom. The van der Waals surface area contributed by atoms with E-state index in [-0.39, 0.29) is 6.04 Å². The second-order valence-corrected chi connectivity index (χ2v) is 5.48. The summed E-state index contributed by atoms with van der Waals surface area (Å²) in [6.07, 6.45) is 3.12. The molecular weight excluding hydrogens is 220 g/mol. The molecule has 1 aliphatic rings. The Morgan fingerprint density at radius 2 is 2.06 bits per heavy atom. The number of likely N-dealkylation sites (tertiary alicyclic amines) is 1. The molecule has 0 spiro atoms. The monoisotopic (exact) mass is 242 g/mol. The predicted molar refractivity (Wildman–Crippen MR) is 74.0 cm³/mol. The van der Waals surface area contributed by atoms with Gasteiger partial charge in [0, 0.05) is 12.1 Å². The van der Waals surface area contributed by atoms with Crippen LogP contribution in [0.5, 0.6) is 0 Å². The molecule has 1 heterocycles. The standard InChI is InChI=1S/C16H22N2/c1-13(2)15-9-6-12-18(15)16(10-11-17)14-7-4-3-5-8-14/h3-5,7-8,13,15-16H,6,9-10,12H2,1-2H3. The first kappa shape index (κ1) is 13.1. The van der Waals surface area contributed by atoms with E-state index < -0.39 is 0 Å². The fourth-order valence-electron chi connectivity index (χ4n) is 3.11. The average Bonchev–Trinajstić information content (AvgIpc) is 2.86. The van der Waals surface area contributed by atoms with Gasteiger partial charge < -0.3 is 0 Å². The molecule has 0 amide bonds. The Morgan fingerprint density at radius 3 is 2.67 bits per heavy atom. The summed E-state index contributed by atoms with van der Waals surface area (Å²) < 4.78 is 0. The van der Waals surface area contributed by atoms with E-state index in [1.165, 1.54) is 18.4 Å². The van der Waals surface area contributed by atoms with Crippen LogP contribution >= 0.6 is 0 Å². The highest BCUT2D eigenvalue weighted by Crippen LogP contribution is 2.34. The molecule has 2 rings (SSSR count). The minimum Gasteiger partial charge on any atom is -0.292 e. The van der Waals surface area contributed by atoms with Gasteiger partial charge in [-0.3, -0.25) is 4.90 Å². The predicted octanol–water partition coefficient (Wildman–Crippen LogP) is 3.76. The summed E-state index contributed by atoms with van der Waals surface area (Å²) in [4.78, 5) is 2.54. The molecule has 0 N–H and O–H groups in total. The van der Waals surface area contributed by atoms with E-state index in [1.54, 1.807) is 0 Å². The van der Waals surface area contributed by atoms with E-state index in [0.717, 1.165) is 6.54 Å². The van der Waals surface area contributed by atoms with Crippen LogP contribution in [0.25, 0.3) is 0 Å². The number of hydrogen-bond donors (Lipinski definition) is 0.